The van der Waals surface area contributed by atoms with E-state index in [1.807, 2.05) is 0 Å². The number of nitrogens with one attached hydrogen (secondary N) is 1. The van der Waals surface area contributed by atoms with Crippen LogP contribution in [0.25, 0.3) is 0 Å². The number of amides is 1. The highest BCUT2D eigenvalue weighted by Gasteiger charge is 2.31. The van der Waals surface area contributed by atoms with Gasteiger partial charge in [-0.1, -0.05) is 0 Å². The third kappa shape index (κ3) is 2.27. The minimum Gasteiger partial charge on any atom is -0.481 e. The van der Waals surface area contributed by atoms with Crippen LogP contribution in [0.3, 0.4) is 0 Å². The molecule has 1 fully saturated rings. The third-order valence-corrected chi connectivity index (χ3v) is 3.11. The van der Waals surface area contributed by atoms with E-state index in [9.17, 15) is 14.4 Å². The Morgan fingerprint density at radius 2 is 2.22 bits per heavy atom. The fourth-order valence-corrected chi connectivity index (χ4v) is 2.06. The zero-order chi connectivity index (χ0) is 13.3. The monoisotopic (exact) mass is 250 g/mol. The van der Waals surface area contributed by atoms with Gasteiger partial charge in [0.1, 0.15) is 5.56 Å². The number of rotatable bonds is 2. The van der Waals surface area contributed by atoms with Gasteiger partial charge >= 0.3 is 5.97 Å². The van der Waals surface area contributed by atoms with Crippen LogP contribution in [0, 0.1) is 12.8 Å². The molecule has 6 heteroatoms. The molecule has 2 heterocycles. The van der Waals surface area contributed by atoms with E-state index in [1.165, 1.54) is 17.2 Å². The van der Waals surface area contributed by atoms with Gasteiger partial charge in [0.25, 0.3) is 5.91 Å². The van der Waals surface area contributed by atoms with Crippen molar-refractivity contribution in [3.63, 3.8) is 0 Å². The molecule has 0 saturated carbocycles. The smallest absolute Gasteiger partial charge is 0.308 e. The van der Waals surface area contributed by atoms with E-state index in [-0.39, 0.29) is 17.5 Å². The number of nitrogens with zero attached hydrogens (tertiary/aromatic N) is 1. The summed E-state index contributed by atoms with van der Waals surface area (Å²) in [4.78, 5) is 38.8. The first-order valence-corrected chi connectivity index (χ1v) is 5.70. The first-order chi connectivity index (χ1) is 8.49. The van der Waals surface area contributed by atoms with Crippen LogP contribution in [0.5, 0.6) is 0 Å². The zero-order valence-corrected chi connectivity index (χ0v) is 9.97. The number of aromatic amines is 1. The molecule has 1 unspecified atom stereocenters. The van der Waals surface area contributed by atoms with Gasteiger partial charge in [0.2, 0.25) is 0 Å². The van der Waals surface area contributed by atoms with Gasteiger partial charge in [0.05, 0.1) is 5.92 Å². The number of hydrogen-bond donors (Lipinski definition) is 2. The Hall–Kier alpha value is -2.11. The van der Waals surface area contributed by atoms with Gasteiger partial charge in [-0.25, -0.2) is 0 Å². The molecule has 96 valence electrons. The summed E-state index contributed by atoms with van der Waals surface area (Å²) in [6.45, 7) is 2.27. The maximum Gasteiger partial charge on any atom is 0.308 e. The number of carbonyl (C=O) groups excluding carboxylic acids is 1. The number of aryl methyl sites for hydroxylation is 1. The van der Waals surface area contributed by atoms with Crippen LogP contribution in [-0.4, -0.2) is 40.0 Å². The molecule has 2 rings (SSSR count). The molecule has 1 saturated heterocycles. The summed E-state index contributed by atoms with van der Waals surface area (Å²) in [6.07, 6.45) is 1.82. The molecular formula is C12H14N2O4. The van der Waals surface area contributed by atoms with E-state index in [0.29, 0.717) is 18.7 Å². The Kier molecular flexibility index (Phi) is 3.18. The first-order valence-electron chi connectivity index (χ1n) is 5.70. The molecule has 1 aromatic heterocycles. The molecule has 2 N–H and O–H groups in total. The van der Waals surface area contributed by atoms with E-state index in [1.54, 1.807) is 6.92 Å². The maximum absolute atomic E-state index is 12.1. The summed E-state index contributed by atoms with van der Waals surface area (Å²) in [5, 5.41) is 8.87. The molecule has 0 bridgehead atoms. The van der Waals surface area contributed by atoms with Crippen molar-refractivity contribution >= 4 is 11.9 Å². The zero-order valence-electron chi connectivity index (χ0n) is 9.97. The molecule has 1 aliphatic heterocycles. The van der Waals surface area contributed by atoms with Crippen LogP contribution in [0.1, 0.15) is 22.5 Å². The fourth-order valence-electron chi connectivity index (χ4n) is 2.06. The SMILES string of the molecule is Cc1cc(=O)c(C(=O)N2CCC(C(=O)O)C2)c[nH]1. The lowest BCUT2D eigenvalue weighted by molar-refractivity contribution is -0.141. The number of carbonyl (C=O) groups is 2. The summed E-state index contributed by atoms with van der Waals surface area (Å²) >= 11 is 0. The predicted molar refractivity (Wildman–Crippen MR) is 63.4 cm³/mol. The van der Waals surface area contributed by atoms with Crippen LogP contribution in [-0.2, 0) is 4.79 Å². The average molecular weight is 250 g/mol. The van der Waals surface area contributed by atoms with E-state index in [2.05, 4.69) is 4.98 Å². The highest BCUT2D eigenvalue weighted by molar-refractivity contribution is 5.94. The van der Waals surface area contributed by atoms with Crippen LogP contribution in [0.4, 0.5) is 0 Å². The van der Waals surface area contributed by atoms with Crippen LogP contribution < -0.4 is 5.43 Å². The van der Waals surface area contributed by atoms with Crippen molar-refractivity contribution in [2.24, 2.45) is 5.92 Å². The average Bonchev–Trinajstić information content (AvgIpc) is 2.77. The second-order valence-electron chi connectivity index (χ2n) is 4.47. The standard InChI is InChI=1S/C12H14N2O4/c1-7-4-10(15)9(5-13-7)11(16)14-3-2-8(6-14)12(17)18/h4-5,8H,2-3,6H2,1H3,(H,13,15)(H,17,18). The molecule has 0 spiro atoms. The highest BCUT2D eigenvalue weighted by atomic mass is 16.4. The van der Waals surface area contributed by atoms with Gasteiger partial charge in [0, 0.05) is 31.0 Å². The Morgan fingerprint density at radius 1 is 1.50 bits per heavy atom. The maximum atomic E-state index is 12.1. The van der Waals surface area contributed by atoms with E-state index >= 15 is 0 Å². The van der Waals surface area contributed by atoms with Gasteiger partial charge in [-0.15, -0.1) is 0 Å². The summed E-state index contributed by atoms with van der Waals surface area (Å²) < 4.78 is 0. The topological polar surface area (TPSA) is 90.5 Å². The van der Waals surface area contributed by atoms with E-state index < -0.39 is 17.8 Å². The van der Waals surface area contributed by atoms with Gasteiger partial charge in [-0.05, 0) is 13.3 Å². The van der Waals surface area contributed by atoms with Gasteiger partial charge in [-0.3, -0.25) is 14.4 Å². The van der Waals surface area contributed by atoms with Crippen molar-refractivity contribution in [3.05, 3.63) is 33.7 Å². The number of carboxylic acids is 1. The third-order valence-electron chi connectivity index (χ3n) is 3.11. The lowest BCUT2D eigenvalue weighted by Crippen LogP contribution is -2.33. The second kappa shape index (κ2) is 4.64. The Morgan fingerprint density at radius 3 is 2.78 bits per heavy atom. The van der Waals surface area contributed by atoms with Crippen molar-refractivity contribution in [1.29, 1.82) is 0 Å². The number of aliphatic carboxylic acids is 1. The number of carboxylic acid groups (broad SMARTS) is 1. The van der Waals surface area contributed by atoms with Gasteiger partial charge < -0.3 is 15.0 Å². The Labute approximate surface area is 103 Å². The normalized spacial score (nSPS) is 18.9. The summed E-state index contributed by atoms with van der Waals surface area (Å²) in [5.74, 6) is -1.83. The number of H-pyrrole nitrogens is 1. The van der Waals surface area contributed by atoms with Crippen molar-refractivity contribution in [1.82, 2.24) is 9.88 Å². The summed E-state index contributed by atoms with van der Waals surface area (Å²) in [5.41, 5.74) is 0.406. The molecule has 1 aliphatic rings. The summed E-state index contributed by atoms with van der Waals surface area (Å²) in [7, 11) is 0. The van der Waals surface area contributed by atoms with Crippen LogP contribution in [0.15, 0.2) is 17.1 Å². The highest BCUT2D eigenvalue weighted by Crippen LogP contribution is 2.17. The predicted octanol–water partition coefficient (Wildman–Crippen LogP) is 0.230. The molecule has 1 atom stereocenters. The molecule has 0 aliphatic carbocycles. The molecule has 1 amide bonds. The lowest BCUT2D eigenvalue weighted by atomic mass is 10.1. The number of likely N-dealkylation sites (tertiary alicyclic amines) is 1. The van der Waals surface area contributed by atoms with Crippen molar-refractivity contribution in [2.45, 2.75) is 13.3 Å². The molecule has 1 aromatic rings. The van der Waals surface area contributed by atoms with E-state index in [0.717, 1.165) is 0 Å². The van der Waals surface area contributed by atoms with E-state index in [4.69, 9.17) is 5.11 Å². The van der Waals surface area contributed by atoms with Gasteiger partial charge in [0.15, 0.2) is 5.43 Å². The minimum atomic E-state index is -0.900. The van der Waals surface area contributed by atoms with Crippen molar-refractivity contribution in [2.75, 3.05) is 13.1 Å². The fraction of sp³-hybridized carbons (Fsp3) is 0.417. The minimum absolute atomic E-state index is 0.0617. The summed E-state index contributed by atoms with van der Waals surface area (Å²) in [6, 6.07) is 1.36. The van der Waals surface area contributed by atoms with Crippen LogP contribution >= 0.6 is 0 Å². The first kappa shape index (κ1) is 12.3. The molecule has 0 aromatic carbocycles. The Balaban J connectivity index is 2.18. The number of pyridine rings is 1. The number of hydrogen-bond acceptors (Lipinski definition) is 3. The van der Waals surface area contributed by atoms with Gasteiger partial charge in [-0.2, -0.15) is 0 Å². The van der Waals surface area contributed by atoms with Crippen molar-refractivity contribution in [3.8, 4) is 0 Å². The quantitative estimate of drug-likeness (QED) is 0.786. The molecular weight excluding hydrogens is 236 g/mol. The Bertz CT molecular complexity index is 549. The molecule has 18 heavy (non-hydrogen) atoms. The largest absolute Gasteiger partial charge is 0.481 e. The molecule has 6 nitrogen and oxygen atoms in total. The second-order valence-corrected chi connectivity index (χ2v) is 4.47. The van der Waals surface area contributed by atoms with Crippen LogP contribution in [0.2, 0.25) is 0 Å². The number of aromatic nitrogens is 1. The van der Waals surface area contributed by atoms with Crippen molar-refractivity contribution < 1.29 is 14.7 Å². The molecule has 0 radical (unpaired) electrons. The lowest BCUT2D eigenvalue weighted by Gasteiger charge is -2.15.